The van der Waals surface area contributed by atoms with Crippen LogP contribution in [0.3, 0.4) is 0 Å². The predicted octanol–water partition coefficient (Wildman–Crippen LogP) is 2.90. The first kappa shape index (κ1) is 12.8. The summed E-state index contributed by atoms with van der Waals surface area (Å²) in [6.07, 6.45) is 2.44. The lowest BCUT2D eigenvalue weighted by molar-refractivity contribution is 0.179. The van der Waals surface area contributed by atoms with Gasteiger partial charge in [0.15, 0.2) is 5.65 Å². The lowest BCUT2D eigenvalue weighted by Gasteiger charge is -2.19. The molecule has 90 valence electrons. The number of aliphatic hydroxyl groups excluding tert-OH is 1. The van der Waals surface area contributed by atoms with Crippen LogP contribution in [0.2, 0.25) is 0 Å². The third-order valence-electron chi connectivity index (χ3n) is 2.40. The SMILES string of the molecule is O[C@H](Cc1ccnc2ncccc12)C(Cl)(Cl)Cl. The van der Waals surface area contributed by atoms with Gasteiger partial charge in [0.2, 0.25) is 3.79 Å². The minimum absolute atomic E-state index is 0.237. The fraction of sp³-hybridized carbons (Fsp3) is 0.273. The molecule has 1 N–H and O–H groups in total. The fourth-order valence-corrected chi connectivity index (χ4v) is 1.77. The average molecular weight is 292 g/mol. The molecule has 0 aliphatic rings. The molecule has 0 saturated heterocycles. The van der Waals surface area contributed by atoms with Crippen LogP contribution in [0.25, 0.3) is 11.0 Å². The quantitative estimate of drug-likeness (QED) is 0.865. The van der Waals surface area contributed by atoms with Gasteiger partial charge in [0.1, 0.15) is 6.10 Å². The number of fused-ring (bicyclic) bond motifs is 1. The summed E-state index contributed by atoms with van der Waals surface area (Å²) in [6, 6.07) is 5.45. The summed E-state index contributed by atoms with van der Waals surface area (Å²) < 4.78 is -1.70. The van der Waals surface area contributed by atoms with E-state index >= 15 is 0 Å². The molecule has 2 heterocycles. The molecule has 17 heavy (non-hydrogen) atoms. The summed E-state index contributed by atoms with van der Waals surface area (Å²) in [5.74, 6) is 0. The van der Waals surface area contributed by atoms with Crippen LogP contribution in [0.15, 0.2) is 30.6 Å². The molecule has 0 amide bonds. The number of rotatable bonds is 2. The van der Waals surface area contributed by atoms with Crippen molar-refractivity contribution in [2.45, 2.75) is 16.3 Å². The number of halogens is 3. The molecule has 2 aromatic rings. The summed E-state index contributed by atoms with van der Waals surface area (Å²) in [5, 5.41) is 10.6. The largest absolute Gasteiger partial charge is 0.388 e. The second-order valence-electron chi connectivity index (χ2n) is 3.61. The van der Waals surface area contributed by atoms with Crippen molar-refractivity contribution in [1.29, 1.82) is 0 Å². The molecule has 0 aromatic carbocycles. The van der Waals surface area contributed by atoms with Crippen LogP contribution < -0.4 is 0 Å². The summed E-state index contributed by atoms with van der Waals surface area (Å²) in [5.41, 5.74) is 1.46. The molecule has 0 unspecified atom stereocenters. The summed E-state index contributed by atoms with van der Waals surface area (Å²) in [4.78, 5) is 8.24. The van der Waals surface area contributed by atoms with Gasteiger partial charge in [-0.05, 0) is 23.8 Å². The molecule has 2 rings (SSSR count). The van der Waals surface area contributed by atoms with Crippen LogP contribution in [0, 0.1) is 0 Å². The van der Waals surface area contributed by atoms with E-state index in [1.165, 1.54) is 0 Å². The van der Waals surface area contributed by atoms with Crippen LogP contribution in [0.4, 0.5) is 0 Å². The van der Waals surface area contributed by atoms with Crippen LogP contribution in [0.1, 0.15) is 5.56 Å². The third-order valence-corrected chi connectivity index (χ3v) is 3.15. The van der Waals surface area contributed by atoms with Crippen LogP contribution in [-0.2, 0) is 6.42 Å². The van der Waals surface area contributed by atoms with Gasteiger partial charge in [0.05, 0.1) is 0 Å². The number of nitrogens with zero attached hydrogens (tertiary/aromatic N) is 2. The Bertz CT molecular complexity index is 522. The van der Waals surface area contributed by atoms with Crippen molar-refractivity contribution in [1.82, 2.24) is 9.97 Å². The van der Waals surface area contributed by atoms with E-state index in [1.807, 2.05) is 6.07 Å². The van der Waals surface area contributed by atoms with Crippen LogP contribution in [0.5, 0.6) is 0 Å². The average Bonchev–Trinajstić information content (AvgIpc) is 2.28. The Balaban J connectivity index is 2.36. The molecule has 2 aromatic heterocycles. The Kier molecular flexibility index (Phi) is 3.73. The number of aromatic nitrogens is 2. The van der Waals surface area contributed by atoms with E-state index in [4.69, 9.17) is 34.8 Å². The maximum atomic E-state index is 9.76. The second kappa shape index (κ2) is 4.94. The van der Waals surface area contributed by atoms with Gasteiger partial charge in [-0.25, -0.2) is 9.97 Å². The minimum Gasteiger partial charge on any atom is -0.388 e. The van der Waals surface area contributed by atoms with E-state index < -0.39 is 9.90 Å². The maximum Gasteiger partial charge on any atom is 0.216 e. The highest BCUT2D eigenvalue weighted by Crippen LogP contribution is 2.32. The first-order valence-corrected chi connectivity index (χ1v) is 6.05. The zero-order valence-corrected chi connectivity index (χ0v) is 10.9. The monoisotopic (exact) mass is 290 g/mol. The Morgan fingerprint density at radius 3 is 2.59 bits per heavy atom. The van der Waals surface area contributed by atoms with Gasteiger partial charge in [0, 0.05) is 24.2 Å². The number of alkyl halides is 3. The Morgan fingerprint density at radius 2 is 1.88 bits per heavy atom. The van der Waals surface area contributed by atoms with Gasteiger partial charge in [-0.15, -0.1) is 0 Å². The molecule has 0 fully saturated rings. The molecule has 0 radical (unpaired) electrons. The fourth-order valence-electron chi connectivity index (χ4n) is 1.54. The molecular weight excluding hydrogens is 282 g/mol. The zero-order valence-electron chi connectivity index (χ0n) is 8.65. The van der Waals surface area contributed by atoms with Gasteiger partial charge in [-0.3, -0.25) is 0 Å². The van der Waals surface area contributed by atoms with Gasteiger partial charge in [0.25, 0.3) is 0 Å². The van der Waals surface area contributed by atoms with Gasteiger partial charge < -0.3 is 5.11 Å². The Hall–Kier alpha value is -0.610. The van der Waals surface area contributed by atoms with Crippen molar-refractivity contribution in [3.05, 3.63) is 36.2 Å². The first-order chi connectivity index (χ1) is 7.98. The maximum absolute atomic E-state index is 9.76. The van der Waals surface area contributed by atoms with Gasteiger partial charge >= 0.3 is 0 Å². The normalized spacial score (nSPS) is 13.9. The number of hydrogen-bond donors (Lipinski definition) is 1. The number of aliphatic hydroxyl groups is 1. The highest BCUT2D eigenvalue weighted by molar-refractivity contribution is 6.68. The van der Waals surface area contributed by atoms with Crippen molar-refractivity contribution in [3.8, 4) is 0 Å². The highest BCUT2D eigenvalue weighted by Gasteiger charge is 2.31. The summed E-state index contributed by atoms with van der Waals surface area (Å²) in [7, 11) is 0. The van der Waals surface area contributed by atoms with Gasteiger partial charge in [-0.2, -0.15) is 0 Å². The number of pyridine rings is 2. The topological polar surface area (TPSA) is 46.0 Å². The van der Waals surface area contributed by atoms with E-state index in [-0.39, 0.29) is 6.42 Å². The number of hydrogen-bond acceptors (Lipinski definition) is 3. The zero-order chi connectivity index (χ0) is 12.5. The molecule has 0 aliphatic heterocycles. The van der Waals surface area contributed by atoms with E-state index in [0.29, 0.717) is 5.65 Å². The smallest absolute Gasteiger partial charge is 0.216 e. The molecule has 0 saturated carbocycles. The molecule has 6 heteroatoms. The van der Waals surface area contributed by atoms with E-state index in [2.05, 4.69) is 9.97 Å². The Labute approximate surface area is 113 Å². The van der Waals surface area contributed by atoms with Gasteiger partial charge in [-0.1, -0.05) is 34.8 Å². The molecule has 0 spiro atoms. The molecule has 0 bridgehead atoms. The third kappa shape index (κ3) is 2.99. The van der Waals surface area contributed by atoms with Crippen LogP contribution in [-0.4, -0.2) is 25.0 Å². The van der Waals surface area contributed by atoms with Crippen molar-refractivity contribution in [3.63, 3.8) is 0 Å². The standard InChI is InChI=1S/C11H9Cl3N2O/c12-11(13,14)9(17)6-7-3-5-16-10-8(7)2-1-4-15-10/h1-5,9,17H,6H2/t9-/m1/s1. The van der Waals surface area contributed by atoms with Crippen LogP contribution >= 0.6 is 34.8 Å². The van der Waals surface area contributed by atoms with E-state index in [9.17, 15) is 5.11 Å². The molecular formula is C11H9Cl3N2O. The van der Waals surface area contributed by atoms with Crippen molar-refractivity contribution in [2.75, 3.05) is 0 Å². The van der Waals surface area contributed by atoms with Crippen molar-refractivity contribution in [2.24, 2.45) is 0 Å². The lowest BCUT2D eigenvalue weighted by atomic mass is 10.1. The molecule has 3 nitrogen and oxygen atoms in total. The molecule has 0 aliphatic carbocycles. The van der Waals surface area contributed by atoms with Crippen molar-refractivity contribution < 1.29 is 5.11 Å². The first-order valence-electron chi connectivity index (χ1n) is 4.92. The van der Waals surface area contributed by atoms with E-state index in [0.717, 1.165) is 10.9 Å². The lowest BCUT2D eigenvalue weighted by Crippen LogP contribution is -2.27. The highest BCUT2D eigenvalue weighted by atomic mass is 35.6. The second-order valence-corrected chi connectivity index (χ2v) is 5.98. The van der Waals surface area contributed by atoms with E-state index in [1.54, 1.807) is 24.5 Å². The Morgan fingerprint density at radius 1 is 1.18 bits per heavy atom. The minimum atomic E-state index is -1.70. The molecule has 1 atom stereocenters. The summed E-state index contributed by atoms with van der Waals surface area (Å²) >= 11 is 16.9. The summed E-state index contributed by atoms with van der Waals surface area (Å²) in [6.45, 7) is 0. The van der Waals surface area contributed by atoms with Crippen molar-refractivity contribution >= 4 is 45.8 Å². The predicted molar refractivity (Wildman–Crippen MR) is 69.5 cm³/mol.